The van der Waals surface area contributed by atoms with Gasteiger partial charge in [0.25, 0.3) is 5.91 Å². The third-order valence-corrected chi connectivity index (χ3v) is 5.95. The fourth-order valence-electron chi connectivity index (χ4n) is 4.30. The van der Waals surface area contributed by atoms with E-state index >= 15 is 0 Å². The first-order chi connectivity index (χ1) is 13.5. The lowest BCUT2D eigenvalue weighted by molar-refractivity contribution is -0.138. The normalized spacial score (nSPS) is 21.4. The minimum absolute atomic E-state index is 0.0427. The van der Waals surface area contributed by atoms with Crippen molar-refractivity contribution < 1.29 is 19.4 Å². The van der Waals surface area contributed by atoms with E-state index in [-0.39, 0.29) is 18.5 Å². The van der Waals surface area contributed by atoms with Crippen molar-refractivity contribution in [3.05, 3.63) is 29.8 Å². The first-order valence-electron chi connectivity index (χ1n) is 10.5. The van der Waals surface area contributed by atoms with Crippen LogP contribution in [0.3, 0.4) is 0 Å². The number of hydrogen-bond donors (Lipinski definition) is 1. The molecule has 3 rings (SSSR count). The summed E-state index contributed by atoms with van der Waals surface area (Å²) >= 11 is 0. The topological polar surface area (TPSA) is 70.1 Å². The maximum atomic E-state index is 12.9. The number of likely N-dealkylation sites (N-methyl/N-ethyl adjacent to an activating group) is 1. The lowest BCUT2D eigenvalue weighted by Crippen LogP contribution is -2.37. The van der Waals surface area contributed by atoms with Crippen LogP contribution < -0.4 is 4.74 Å². The van der Waals surface area contributed by atoms with Crippen LogP contribution in [0.2, 0.25) is 0 Å². The second-order valence-electron chi connectivity index (χ2n) is 8.09. The second-order valence-corrected chi connectivity index (χ2v) is 8.09. The van der Waals surface area contributed by atoms with Crippen LogP contribution in [0.1, 0.15) is 61.7 Å². The van der Waals surface area contributed by atoms with Crippen LogP contribution in [0.5, 0.6) is 5.75 Å². The number of carbonyl (C=O) groups excluding carboxylic acids is 1. The number of carboxylic acids is 1. The first-order valence-corrected chi connectivity index (χ1v) is 10.5. The molecule has 0 spiro atoms. The smallest absolute Gasteiger partial charge is 0.317 e. The van der Waals surface area contributed by atoms with E-state index in [2.05, 4.69) is 0 Å². The number of rotatable bonds is 6. The molecule has 1 aliphatic carbocycles. The van der Waals surface area contributed by atoms with Gasteiger partial charge in [-0.25, -0.2) is 0 Å². The molecule has 0 radical (unpaired) electrons. The second kappa shape index (κ2) is 9.92. The van der Waals surface area contributed by atoms with E-state index in [1.807, 2.05) is 41.1 Å². The molecule has 1 saturated carbocycles. The Bertz CT molecular complexity index is 655. The largest absolute Gasteiger partial charge is 0.490 e. The number of hydrogen-bond acceptors (Lipinski definition) is 4. The Morgan fingerprint density at radius 3 is 2.43 bits per heavy atom. The average Bonchev–Trinajstić information content (AvgIpc) is 2.95. The molecule has 0 bridgehead atoms. The van der Waals surface area contributed by atoms with Crippen LogP contribution in [0.25, 0.3) is 0 Å². The van der Waals surface area contributed by atoms with Gasteiger partial charge in [-0.1, -0.05) is 6.42 Å². The maximum Gasteiger partial charge on any atom is 0.317 e. The number of carboxylic acid groups (broad SMARTS) is 1. The lowest BCUT2D eigenvalue weighted by atomic mass is 9.98. The van der Waals surface area contributed by atoms with Gasteiger partial charge >= 0.3 is 5.97 Å². The van der Waals surface area contributed by atoms with Crippen molar-refractivity contribution in [3.8, 4) is 5.75 Å². The summed E-state index contributed by atoms with van der Waals surface area (Å²) in [5.74, 6) is 0.0793. The number of aliphatic carboxylic acids is 1. The Balaban J connectivity index is 1.53. The molecule has 2 fully saturated rings. The van der Waals surface area contributed by atoms with E-state index in [4.69, 9.17) is 9.84 Å². The fourth-order valence-corrected chi connectivity index (χ4v) is 4.30. The lowest BCUT2D eigenvalue weighted by Gasteiger charge is -2.25. The molecule has 1 aliphatic heterocycles. The number of nitrogens with zero attached hydrogens (tertiary/aromatic N) is 2. The van der Waals surface area contributed by atoms with Gasteiger partial charge in [-0.15, -0.1) is 0 Å². The highest BCUT2D eigenvalue weighted by molar-refractivity contribution is 5.94. The summed E-state index contributed by atoms with van der Waals surface area (Å²) in [6, 6.07) is 7.74. The van der Waals surface area contributed by atoms with E-state index in [0.717, 1.165) is 44.4 Å². The number of benzene rings is 1. The summed E-state index contributed by atoms with van der Waals surface area (Å²) in [4.78, 5) is 27.6. The monoisotopic (exact) mass is 388 g/mol. The first kappa shape index (κ1) is 20.6. The van der Waals surface area contributed by atoms with Gasteiger partial charge in [0.15, 0.2) is 0 Å². The summed E-state index contributed by atoms with van der Waals surface area (Å²) in [5.41, 5.74) is 0.688. The molecule has 0 aromatic heterocycles. The SMILES string of the molecule is CN(CC(=O)O)[C@@H]1CCCN(C(=O)c2ccc(OC3CCCCC3)cc2)CC1. The zero-order chi connectivity index (χ0) is 19.9. The van der Waals surface area contributed by atoms with Crippen molar-refractivity contribution in [2.75, 3.05) is 26.7 Å². The Morgan fingerprint density at radius 1 is 1.04 bits per heavy atom. The molecule has 2 aliphatic rings. The molecule has 1 aromatic rings. The van der Waals surface area contributed by atoms with Gasteiger partial charge in [-0.3, -0.25) is 14.5 Å². The molecule has 1 N–H and O–H groups in total. The third-order valence-electron chi connectivity index (χ3n) is 5.95. The average molecular weight is 389 g/mol. The van der Waals surface area contributed by atoms with Crippen LogP contribution >= 0.6 is 0 Å². The van der Waals surface area contributed by atoms with Crippen LogP contribution in [0.15, 0.2) is 24.3 Å². The summed E-state index contributed by atoms with van der Waals surface area (Å²) in [6.45, 7) is 1.42. The van der Waals surface area contributed by atoms with Gasteiger partial charge in [0.05, 0.1) is 12.6 Å². The predicted octanol–water partition coefficient (Wildman–Crippen LogP) is 3.41. The zero-order valence-electron chi connectivity index (χ0n) is 16.8. The Morgan fingerprint density at radius 2 is 1.75 bits per heavy atom. The summed E-state index contributed by atoms with van der Waals surface area (Å²) < 4.78 is 6.05. The Hall–Kier alpha value is -2.08. The summed E-state index contributed by atoms with van der Waals surface area (Å²) in [6.07, 6.45) is 8.93. The highest BCUT2D eigenvalue weighted by Gasteiger charge is 2.24. The minimum Gasteiger partial charge on any atom is -0.490 e. The van der Waals surface area contributed by atoms with Gasteiger partial charge < -0.3 is 14.7 Å². The molecule has 1 saturated heterocycles. The van der Waals surface area contributed by atoms with E-state index in [0.29, 0.717) is 18.2 Å². The van der Waals surface area contributed by atoms with Crippen molar-refractivity contribution in [2.45, 2.75) is 63.5 Å². The molecule has 28 heavy (non-hydrogen) atoms. The molecular weight excluding hydrogens is 356 g/mol. The van der Waals surface area contributed by atoms with E-state index in [1.54, 1.807) is 0 Å². The molecule has 1 atom stereocenters. The van der Waals surface area contributed by atoms with Gasteiger partial charge in [0.1, 0.15) is 5.75 Å². The summed E-state index contributed by atoms with van der Waals surface area (Å²) in [5, 5.41) is 8.98. The molecule has 154 valence electrons. The Kier molecular flexibility index (Phi) is 7.31. The van der Waals surface area contributed by atoms with Crippen molar-refractivity contribution in [2.24, 2.45) is 0 Å². The molecule has 0 unspecified atom stereocenters. The fraction of sp³-hybridized carbons (Fsp3) is 0.636. The molecular formula is C22H32N2O4. The van der Waals surface area contributed by atoms with Crippen LogP contribution in [-0.2, 0) is 4.79 Å². The highest BCUT2D eigenvalue weighted by atomic mass is 16.5. The summed E-state index contributed by atoms with van der Waals surface area (Å²) in [7, 11) is 1.85. The van der Waals surface area contributed by atoms with Crippen molar-refractivity contribution in [1.29, 1.82) is 0 Å². The van der Waals surface area contributed by atoms with Crippen molar-refractivity contribution >= 4 is 11.9 Å². The Labute approximate surface area is 167 Å². The molecule has 6 nitrogen and oxygen atoms in total. The predicted molar refractivity (Wildman–Crippen MR) is 108 cm³/mol. The minimum atomic E-state index is -0.810. The number of likely N-dealkylation sites (tertiary alicyclic amines) is 1. The molecule has 1 aromatic carbocycles. The molecule has 6 heteroatoms. The molecule has 1 heterocycles. The van der Waals surface area contributed by atoms with Crippen LogP contribution in [-0.4, -0.2) is 65.6 Å². The van der Waals surface area contributed by atoms with E-state index in [9.17, 15) is 9.59 Å². The van der Waals surface area contributed by atoms with Crippen LogP contribution in [0, 0.1) is 0 Å². The molecule has 1 amide bonds. The van der Waals surface area contributed by atoms with Gasteiger partial charge in [-0.2, -0.15) is 0 Å². The van der Waals surface area contributed by atoms with E-state index < -0.39 is 5.97 Å². The number of carbonyl (C=O) groups is 2. The number of amides is 1. The van der Waals surface area contributed by atoms with Gasteiger partial charge in [0.2, 0.25) is 0 Å². The van der Waals surface area contributed by atoms with Gasteiger partial charge in [0, 0.05) is 24.7 Å². The quantitative estimate of drug-likeness (QED) is 0.809. The third kappa shape index (κ3) is 5.71. The van der Waals surface area contributed by atoms with E-state index in [1.165, 1.54) is 19.3 Å². The standard InChI is InChI=1S/C22H32N2O4/c1-23(16-21(25)26)18-6-5-14-24(15-13-18)22(27)17-9-11-20(12-10-17)28-19-7-3-2-4-8-19/h9-12,18-19H,2-8,13-16H2,1H3,(H,25,26)/t18-/m1/s1. The highest BCUT2D eigenvalue weighted by Crippen LogP contribution is 2.24. The maximum absolute atomic E-state index is 12.9. The van der Waals surface area contributed by atoms with Crippen molar-refractivity contribution in [1.82, 2.24) is 9.80 Å². The zero-order valence-corrected chi connectivity index (χ0v) is 16.8. The van der Waals surface area contributed by atoms with Crippen molar-refractivity contribution in [3.63, 3.8) is 0 Å². The number of ether oxygens (including phenoxy) is 1. The van der Waals surface area contributed by atoms with Crippen LogP contribution in [0.4, 0.5) is 0 Å². The van der Waals surface area contributed by atoms with Gasteiger partial charge in [-0.05, 0) is 76.3 Å².